The lowest BCUT2D eigenvalue weighted by Gasteiger charge is -2.16. The van der Waals surface area contributed by atoms with E-state index < -0.39 is 0 Å². The van der Waals surface area contributed by atoms with Gasteiger partial charge in [0.1, 0.15) is 6.07 Å². The van der Waals surface area contributed by atoms with Gasteiger partial charge in [0.05, 0.1) is 17.5 Å². The number of thioether (sulfide) groups is 1. The number of hydrogen-bond acceptors (Lipinski definition) is 4. The lowest BCUT2D eigenvalue weighted by Crippen LogP contribution is -1.98. The maximum atomic E-state index is 9.49. The molecular formula is C15H12N2OS. The second kappa shape index (κ2) is 4.94. The van der Waals surface area contributed by atoms with Crippen LogP contribution in [0, 0.1) is 11.3 Å². The van der Waals surface area contributed by atoms with Crippen molar-refractivity contribution >= 4 is 11.8 Å². The average molecular weight is 268 g/mol. The number of pyridine rings is 1. The van der Waals surface area contributed by atoms with Gasteiger partial charge in [-0.15, -0.1) is 11.8 Å². The number of hydrogen-bond donors (Lipinski definition) is 1. The zero-order valence-electron chi connectivity index (χ0n) is 10.3. The maximum Gasteiger partial charge on any atom is 0.151 e. The first-order valence-electron chi connectivity index (χ1n) is 6.13. The Morgan fingerprint density at radius 2 is 2.21 bits per heavy atom. The van der Waals surface area contributed by atoms with E-state index in [4.69, 9.17) is 5.26 Å². The highest BCUT2D eigenvalue weighted by atomic mass is 32.2. The molecule has 0 aliphatic carbocycles. The molecule has 4 heteroatoms. The number of fused-ring (bicyclic) bond motifs is 1. The summed E-state index contributed by atoms with van der Waals surface area (Å²) < 4.78 is 0. The molecule has 0 fully saturated rings. The largest absolute Gasteiger partial charge is 0.505 e. The van der Waals surface area contributed by atoms with Crippen LogP contribution in [0.3, 0.4) is 0 Å². The van der Waals surface area contributed by atoms with Gasteiger partial charge in [-0.3, -0.25) is 4.98 Å². The molecule has 2 heterocycles. The van der Waals surface area contributed by atoms with Crippen molar-refractivity contribution in [2.24, 2.45) is 0 Å². The molecule has 2 aromatic rings. The minimum atomic E-state index is -0.0697. The molecule has 0 amide bonds. The summed E-state index contributed by atoms with van der Waals surface area (Å²) in [7, 11) is 0. The van der Waals surface area contributed by atoms with Crippen LogP contribution < -0.4 is 0 Å². The van der Waals surface area contributed by atoms with Gasteiger partial charge in [0, 0.05) is 10.5 Å². The van der Waals surface area contributed by atoms with Crippen molar-refractivity contribution in [1.82, 2.24) is 4.98 Å². The zero-order valence-corrected chi connectivity index (χ0v) is 11.1. The molecule has 19 heavy (non-hydrogen) atoms. The average Bonchev–Trinajstić information content (AvgIpc) is 2.47. The monoisotopic (exact) mass is 268 g/mol. The molecule has 0 radical (unpaired) electrons. The first-order chi connectivity index (χ1) is 9.28. The van der Waals surface area contributed by atoms with Crippen LogP contribution in [0.2, 0.25) is 0 Å². The van der Waals surface area contributed by atoms with E-state index in [1.54, 1.807) is 6.07 Å². The minimum absolute atomic E-state index is 0.0697. The van der Waals surface area contributed by atoms with E-state index in [-0.39, 0.29) is 11.3 Å². The third-order valence-electron chi connectivity index (χ3n) is 3.21. The molecule has 0 atom stereocenters. The van der Waals surface area contributed by atoms with E-state index >= 15 is 0 Å². The number of aromatic hydroxyl groups is 1. The zero-order chi connectivity index (χ0) is 13.2. The van der Waals surface area contributed by atoms with Crippen molar-refractivity contribution < 1.29 is 5.11 Å². The van der Waals surface area contributed by atoms with E-state index in [9.17, 15) is 5.11 Å². The first-order valence-corrected chi connectivity index (χ1v) is 7.12. The summed E-state index contributed by atoms with van der Waals surface area (Å²) in [5.41, 5.74) is 3.34. The summed E-state index contributed by atoms with van der Waals surface area (Å²) in [4.78, 5) is 5.54. The van der Waals surface area contributed by atoms with Crippen LogP contribution in [0.15, 0.2) is 35.4 Å². The van der Waals surface area contributed by atoms with Crippen LogP contribution in [0.1, 0.15) is 17.5 Å². The number of benzene rings is 1. The number of nitriles is 1. The van der Waals surface area contributed by atoms with E-state index in [2.05, 4.69) is 17.1 Å². The quantitative estimate of drug-likeness (QED) is 0.861. The Kier molecular flexibility index (Phi) is 3.14. The van der Waals surface area contributed by atoms with Crippen molar-refractivity contribution in [1.29, 1.82) is 5.26 Å². The lowest BCUT2D eigenvalue weighted by atomic mass is 10.0. The fourth-order valence-electron chi connectivity index (χ4n) is 2.22. The molecule has 1 N–H and O–H groups in total. The van der Waals surface area contributed by atoms with Crippen LogP contribution in [0.4, 0.5) is 0 Å². The number of aryl methyl sites for hydroxylation is 1. The van der Waals surface area contributed by atoms with Gasteiger partial charge in [0.25, 0.3) is 0 Å². The van der Waals surface area contributed by atoms with Gasteiger partial charge in [0.2, 0.25) is 0 Å². The van der Waals surface area contributed by atoms with Crippen LogP contribution in [-0.4, -0.2) is 15.8 Å². The summed E-state index contributed by atoms with van der Waals surface area (Å²) in [5.74, 6) is 1.11. The Hall–Kier alpha value is -1.99. The van der Waals surface area contributed by atoms with Gasteiger partial charge >= 0.3 is 0 Å². The third kappa shape index (κ3) is 2.29. The molecule has 3 nitrogen and oxygen atoms in total. The molecule has 0 unspecified atom stereocenters. The van der Waals surface area contributed by atoms with Gasteiger partial charge in [-0.25, -0.2) is 0 Å². The van der Waals surface area contributed by atoms with E-state index in [1.165, 1.54) is 28.8 Å². The molecule has 0 bridgehead atoms. The van der Waals surface area contributed by atoms with E-state index in [0.717, 1.165) is 17.7 Å². The third-order valence-corrected chi connectivity index (χ3v) is 4.41. The number of aromatic nitrogens is 1. The van der Waals surface area contributed by atoms with Crippen molar-refractivity contribution in [3.63, 3.8) is 0 Å². The molecule has 0 spiro atoms. The smallest absolute Gasteiger partial charge is 0.151 e. The van der Waals surface area contributed by atoms with Crippen LogP contribution in [-0.2, 0) is 6.42 Å². The van der Waals surface area contributed by atoms with Crippen LogP contribution in [0.25, 0.3) is 11.3 Å². The first kappa shape index (κ1) is 12.1. The number of rotatable bonds is 1. The summed E-state index contributed by atoms with van der Waals surface area (Å²) in [5, 5.41) is 18.4. The lowest BCUT2D eigenvalue weighted by molar-refractivity contribution is 0.471. The molecule has 0 saturated carbocycles. The normalized spacial score (nSPS) is 13.6. The summed E-state index contributed by atoms with van der Waals surface area (Å²) in [6, 6.07) is 9.89. The molecule has 3 rings (SSSR count). The highest BCUT2D eigenvalue weighted by Gasteiger charge is 2.12. The molecule has 1 aromatic heterocycles. The Morgan fingerprint density at radius 1 is 1.32 bits per heavy atom. The van der Waals surface area contributed by atoms with Gasteiger partial charge < -0.3 is 5.11 Å². The van der Waals surface area contributed by atoms with Crippen molar-refractivity contribution in [3.8, 4) is 23.1 Å². The van der Waals surface area contributed by atoms with E-state index in [1.807, 2.05) is 23.9 Å². The SMILES string of the molecule is N#Cc1cc(-c2ccc3c(c2)CCCS3)ncc1O. The highest BCUT2D eigenvalue weighted by Crippen LogP contribution is 2.33. The standard InChI is InChI=1S/C15H12N2OS/c16-8-12-7-13(17-9-14(12)18)10-3-4-15-11(6-10)2-1-5-19-15/h3-4,6-7,9,18H,1-2,5H2. The second-order valence-corrected chi connectivity index (χ2v) is 5.61. The van der Waals surface area contributed by atoms with Crippen LogP contribution in [0.5, 0.6) is 5.75 Å². The van der Waals surface area contributed by atoms with Gasteiger partial charge in [-0.05, 0) is 42.4 Å². The number of nitrogens with zero attached hydrogens (tertiary/aromatic N) is 2. The molecule has 1 aromatic carbocycles. The fraction of sp³-hybridized carbons (Fsp3) is 0.200. The van der Waals surface area contributed by atoms with Gasteiger partial charge in [-0.1, -0.05) is 6.07 Å². The molecule has 0 saturated heterocycles. The van der Waals surface area contributed by atoms with E-state index in [0.29, 0.717) is 0 Å². The Labute approximate surface area is 115 Å². The topological polar surface area (TPSA) is 56.9 Å². The fourth-order valence-corrected chi connectivity index (χ4v) is 3.23. The highest BCUT2D eigenvalue weighted by molar-refractivity contribution is 7.99. The summed E-state index contributed by atoms with van der Waals surface area (Å²) in [6.07, 6.45) is 3.63. The van der Waals surface area contributed by atoms with Gasteiger partial charge in [0.15, 0.2) is 5.75 Å². The van der Waals surface area contributed by atoms with Crippen molar-refractivity contribution in [3.05, 3.63) is 41.6 Å². The van der Waals surface area contributed by atoms with Crippen molar-refractivity contribution in [2.45, 2.75) is 17.7 Å². The second-order valence-electron chi connectivity index (χ2n) is 4.47. The molecule has 1 aliphatic heterocycles. The molecule has 1 aliphatic rings. The van der Waals surface area contributed by atoms with Gasteiger partial charge in [-0.2, -0.15) is 5.26 Å². The predicted octanol–water partition coefficient (Wildman–Crippen LogP) is 3.36. The van der Waals surface area contributed by atoms with Crippen LogP contribution >= 0.6 is 11.8 Å². The minimum Gasteiger partial charge on any atom is -0.505 e. The Bertz CT molecular complexity index is 676. The predicted molar refractivity (Wildman–Crippen MR) is 75.1 cm³/mol. The molecular weight excluding hydrogens is 256 g/mol. The Morgan fingerprint density at radius 3 is 3.05 bits per heavy atom. The summed E-state index contributed by atoms with van der Waals surface area (Å²) in [6.45, 7) is 0. The summed E-state index contributed by atoms with van der Waals surface area (Å²) >= 11 is 1.89. The maximum absolute atomic E-state index is 9.49. The Balaban J connectivity index is 2.05. The molecule has 94 valence electrons. The van der Waals surface area contributed by atoms with Crippen molar-refractivity contribution in [2.75, 3.05) is 5.75 Å².